The van der Waals surface area contributed by atoms with Crippen LogP contribution in [-0.2, 0) is 11.3 Å². The van der Waals surface area contributed by atoms with E-state index in [9.17, 15) is 0 Å². The Kier molecular flexibility index (Phi) is 5.85. The fourth-order valence-electron chi connectivity index (χ4n) is 1.67. The standard InChI is InChI=1S/C13H20BrNO/c1-3-5-10(2)8-16-9-11-12(14)6-4-7-13(11)15/h4,6-7,10H,3,5,8-9,15H2,1-2H3. The summed E-state index contributed by atoms with van der Waals surface area (Å²) in [5, 5.41) is 0. The monoisotopic (exact) mass is 285 g/mol. The lowest BCUT2D eigenvalue weighted by Gasteiger charge is -2.12. The number of rotatable bonds is 6. The molecule has 1 rings (SSSR count). The van der Waals surface area contributed by atoms with Crippen molar-refractivity contribution in [1.82, 2.24) is 0 Å². The molecule has 0 saturated heterocycles. The van der Waals surface area contributed by atoms with Crippen LogP contribution in [0, 0.1) is 5.92 Å². The first kappa shape index (κ1) is 13.5. The zero-order valence-corrected chi connectivity index (χ0v) is 11.6. The van der Waals surface area contributed by atoms with Gasteiger partial charge in [-0.2, -0.15) is 0 Å². The fraction of sp³-hybridized carbons (Fsp3) is 0.538. The summed E-state index contributed by atoms with van der Waals surface area (Å²) in [5.74, 6) is 0.619. The second-order valence-electron chi connectivity index (χ2n) is 4.22. The van der Waals surface area contributed by atoms with Crippen LogP contribution in [0.2, 0.25) is 0 Å². The summed E-state index contributed by atoms with van der Waals surface area (Å²) in [7, 11) is 0. The highest BCUT2D eigenvalue weighted by molar-refractivity contribution is 9.10. The lowest BCUT2D eigenvalue weighted by Crippen LogP contribution is -2.07. The molecule has 3 heteroatoms. The highest BCUT2D eigenvalue weighted by Gasteiger charge is 2.05. The molecule has 0 aromatic heterocycles. The number of benzene rings is 1. The summed E-state index contributed by atoms with van der Waals surface area (Å²) in [6.45, 7) is 5.80. The molecule has 0 bridgehead atoms. The van der Waals surface area contributed by atoms with Crippen LogP contribution in [0.4, 0.5) is 5.69 Å². The van der Waals surface area contributed by atoms with Crippen molar-refractivity contribution in [1.29, 1.82) is 0 Å². The lowest BCUT2D eigenvalue weighted by molar-refractivity contribution is 0.0893. The van der Waals surface area contributed by atoms with Gasteiger partial charge < -0.3 is 10.5 Å². The minimum atomic E-state index is 0.585. The summed E-state index contributed by atoms with van der Waals surface area (Å²) >= 11 is 3.49. The van der Waals surface area contributed by atoms with Gasteiger partial charge in [-0.15, -0.1) is 0 Å². The predicted molar refractivity (Wildman–Crippen MR) is 72.3 cm³/mol. The Morgan fingerprint density at radius 3 is 2.81 bits per heavy atom. The number of nitrogens with two attached hydrogens (primary N) is 1. The van der Waals surface area contributed by atoms with E-state index in [1.54, 1.807) is 0 Å². The van der Waals surface area contributed by atoms with Crippen LogP contribution in [-0.4, -0.2) is 6.61 Å². The highest BCUT2D eigenvalue weighted by Crippen LogP contribution is 2.23. The third-order valence-electron chi connectivity index (χ3n) is 2.59. The Labute approximate surface area is 106 Å². The van der Waals surface area contributed by atoms with Crippen molar-refractivity contribution in [2.24, 2.45) is 5.92 Å². The maximum Gasteiger partial charge on any atom is 0.0748 e. The van der Waals surface area contributed by atoms with Crippen LogP contribution in [0.3, 0.4) is 0 Å². The number of halogens is 1. The molecule has 0 saturated carbocycles. The summed E-state index contributed by atoms with van der Waals surface area (Å²) in [6, 6.07) is 5.83. The van der Waals surface area contributed by atoms with E-state index in [1.165, 1.54) is 12.8 Å². The zero-order valence-electron chi connectivity index (χ0n) is 10.0. The van der Waals surface area contributed by atoms with Gasteiger partial charge in [-0.3, -0.25) is 0 Å². The fourth-order valence-corrected chi connectivity index (χ4v) is 2.16. The smallest absolute Gasteiger partial charge is 0.0748 e. The zero-order chi connectivity index (χ0) is 12.0. The number of ether oxygens (including phenoxy) is 1. The molecule has 16 heavy (non-hydrogen) atoms. The Hall–Kier alpha value is -0.540. The van der Waals surface area contributed by atoms with Gasteiger partial charge in [0.05, 0.1) is 6.61 Å². The molecule has 1 atom stereocenters. The summed E-state index contributed by atoms with van der Waals surface area (Å²) in [4.78, 5) is 0. The number of hydrogen-bond donors (Lipinski definition) is 1. The van der Waals surface area contributed by atoms with Gasteiger partial charge in [-0.05, 0) is 24.5 Å². The molecule has 0 heterocycles. The Balaban J connectivity index is 2.43. The third-order valence-corrected chi connectivity index (χ3v) is 3.33. The summed E-state index contributed by atoms with van der Waals surface area (Å²) < 4.78 is 6.71. The molecular formula is C13H20BrNO. The van der Waals surface area contributed by atoms with Gasteiger partial charge in [-0.25, -0.2) is 0 Å². The van der Waals surface area contributed by atoms with Crippen LogP contribution >= 0.6 is 15.9 Å². The van der Waals surface area contributed by atoms with E-state index in [0.717, 1.165) is 22.3 Å². The van der Waals surface area contributed by atoms with Gasteiger partial charge in [0.25, 0.3) is 0 Å². The summed E-state index contributed by atoms with van der Waals surface area (Å²) in [5.41, 5.74) is 7.72. The molecule has 1 aromatic rings. The molecule has 0 spiro atoms. The van der Waals surface area contributed by atoms with E-state index in [2.05, 4.69) is 29.8 Å². The minimum absolute atomic E-state index is 0.585. The molecule has 0 aliphatic carbocycles. The predicted octanol–water partition coefficient (Wildman–Crippen LogP) is 3.98. The Bertz CT molecular complexity index is 307. The average molecular weight is 286 g/mol. The van der Waals surface area contributed by atoms with E-state index in [-0.39, 0.29) is 0 Å². The quantitative estimate of drug-likeness (QED) is 0.803. The van der Waals surface area contributed by atoms with Crippen LogP contribution in [0.15, 0.2) is 22.7 Å². The van der Waals surface area contributed by atoms with Crippen molar-refractivity contribution in [2.45, 2.75) is 33.3 Å². The van der Waals surface area contributed by atoms with E-state index in [0.29, 0.717) is 12.5 Å². The maximum atomic E-state index is 5.89. The van der Waals surface area contributed by atoms with Crippen LogP contribution < -0.4 is 5.73 Å². The SMILES string of the molecule is CCCC(C)COCc1c(N)cccc1Br. The van der Waals surface area contributed by atoms with Crippen LogP contribution in [0.25, 0.3) is 0 Å². The molecular weight excluding hydrogens is 266 g/mol. The van der Waals surface area contributed by atoms with Crippen molar-refractivity contribution < 1.29 is 4.74 Å². The van der Waals surface area contributed by atoms with Crippen molar-refractivity contribution in [3.05, 3.63) is 28.2 Å². The van der Waals surface area contributed by atoms with Gasteiger partial charge in [-0.1, -0.05) is 42.3 Å². The first-order chi connectivity index (χ1) is 7.65. The molecule has 2 nitrogen and oxygen atoms in total. The molecule has 0 fully saturated rings. The van der Waals surface area contributed by atoms with Gasteiger partial charge in [0, 0.05) is 22.3 Å². The van der Waals surface area contributed by atoms with Crippen molar-refractivity contribution in [3.8, 4) is 0 Å². The molecule has 2 N–H and O–H groups in total. The van der Waals surface area contributed by atoms with E-state index in [1.807, 2.05) is 18.2 Å². The average Bonchev–Trinajstić information content (AvgIpc) is 2.23. The number of nitrogen functional groups attached to an aromatic ring is 1. The molecule has 1 aromatic carbocycles. The highest BCUT2D eigenvalue weighted by atomic mass is 79.9. The van der Waals surface area contributed by atoms with Crippen molar-refractivity contribution >= 4 is 21.6 Å². The second kappa shape index (κ2) is 6.92. The normalized spacial score (nSPS) is 12.7. The maximum absolute atomic E-state index is 5.89. The molecule has 1 unspecified atom stereocenters. The Morgan fingerprint density at radius 2 is 2.19 bits per heavy atom. The number of hydrogen-bond acceptors (Lipinski definition) is 2. The molecule has 90 valence electrons. The van der Waals surface area contributed by atoms with Gasteiger partial charge >= 0.3 is 0 Å². The first-order valence-electron chi connectivity index (χ1n) is 5.75. The second-order valence-corrected chi connectivity index (χ2v) is 5.07. The lowest BCUT2D eigenvalue weighted by atomic mass is 10.1. The molecule has 0 radical (unpaired) electrons. The topological polar surface area (TPSA) is 35.2 Å². The number of anilines is 1. The minimum Gasteiger partial charge on any atom is -0.398 e. The van der Waals surface area contributed by atoms with Gasteiger partial charge in [0.1, 0.15) is 0 Å². The van der Waals surface area contributed by atoms with E-state index >= 15 is 0 Å². The van der Waals surface area contributed by atoms with Crippen LogP contribution in [0.1, 0.15) is 32.3 Å². The molecule has 0 amide bonds. The Morgan fingerprint density at radius 1 is 1.44 bits per heavy atom. The van der Waals surface area contributed by atoms with Gasteiger partial charge in [0.15, 0.2) is 0 Å². The van der Waals surface area contributed by atoms with Crippen molar-refractivity contribution in [3.63, 3.8) is 0 Å². The van der Waals surface area contributed by atoms with Crippen molar-refractivity contribution in [2.75, 3.05) is 12.3 Å². The van der Waals surface area contributed by atoms with Crippen LogP contribution in [0.5, 0.6) is 0 Å². The van der Waals surface area contributed by atoms with Gasteiger partial charge in [0.2, 0.25) is 0 Å². The molecule has 0 aliphatic heterocycles. The van der Waals surface area contributed by atoms with E-state index in [4.69, 9.17) is 10.5 Å². The molecule has 0 aliphatic rings. The van der Waals surface area contributed by atoms with E-state index < -0.39 is 0 Å². The summed E-state index contributed by atoms with van der Waals surface area (Å²) in [6.07, 6.45) is 2.42. The first-order valence-corrected chi connectivity index (χ1v) is 6.55. The third kappa shape index (κ3) is 4.14. The largest absolute Gasteiger partial charge is 0.398 e.